The van der Waals surface area contributed by atoms with Crippen molar-refractivity contribution >= 4 is 28.2 Å². The van der Waals surface area contributed by atoms with Crippen molar-refractivity contribution in [2.45, 2.75) is 6.04 Å². The molecule has 1 aliphatic heterocycles. The van der Waals surface area contributed by atoms with E-state index in [2.05, 4.69) is 4.98 Å². The first-order valence-corrected chi connectivity index (χ1v) is 9.80. The van der Waals surface area contributed by atoms with E-state index in [4.69, 9.17) is 0 Å². The summed E-state index contributed by atoms with van der Waals surface area (Å²) in [4.78, 5) is 33.5. The second-order valence-corrected chi connectivity index (χ2v) is 7.60. The summed E-state index contributed by atoms with van der Waals surface area (Å²) in [7, 11) is 3.82. The minimum absolute atomic E-state index is 0.112. The normalized spacial score (nSPS) is 18.5. The van der Waals surface area contributed by atoms with Crippen LogP contribution in [0.2, 0.25) is 0 Å². The molecule has 2 aromatic carbocycles. The Bertz CT molecular complexity index is 1130. The molecule has 6 heteroatoms. The van der Waals surface area contributed by atoms with Gasteiger partial charge in [0.25, 0.3) is 11.7 Å². The zero-order valence-electron chi connectivity index (χ0n) is 16.9. The number of aromatic nitrogens is 1. The van der Waals surface area contributed by atoms with Gasteiger partial charge in [-0.15, -0.1) is 0 Å². The number of benzene rings is 2. The first-order valence-electron chi connectivity index (χ1n) is 9.80. The predicted molar refractivity (Wildman–Crippen MR) is 116 cm³/mol. The number of likely N-dealkylation sites (N-methyl/N-ethyl adjacent to an activating group) is 1. The summed E-state index contributed by atoms with van der Waals surface area (Å²) in [5, 5.41) is 13.1. The van der Waals surface area contributed by atoms with Crippen molar-refractivity contribution < 1.29 is 14.7 Å². The molecular weight excluding hydrogens is 378 g/mol. The van der Waals surface area contributed by atoms with Gasteiger partial charge in [-0.05, 0) is 42.6 Å². The summed E-state index contributed by atoms with van der Waals surface area (Å²) in [6, 6.07) is 16.1. The summed E-state index contributed by atoms with van der Waals surface area (Å²) < 4.78 is 0. The van der Waals surface area contributed by atoms with Crippen LogP contribution in [0.1, 0.15) is 17.2 Å². The Kier molecular flexibility index (Phi) is 5.33. The van der Waals surface area contributed by atoms with Crippen molar-refractivity contribution in [2.75, 3.05) is 27.2 Å². The van der Waals surface area contributed by atoms with Gasteiger partial charge in [-0.3, -0.25) is 14.6 Å². The number of carbonyl (C=O) groups is 2. The molecule has 1 aromatic heterocycles. The van der Waals surface area contributed by atoms with Gasteiger partial charge in [0.1, 0.15) is 5.76 Å². The number of rotatable bonds is 5. The SMILES string of the molecule is CN(C)CCN1C(=O)C(=O)/C(=C(\O)c2cccc3ccccc23)C1c1ccncc1. The maximum absolute atomic E-state index is 13.1. The van der Waals surface area contributed by atoms with E-state index in [0.29, 0.717) is 18.7 Å². The Hall–Kier alpha value is -3.51. The lowest BCUT2D eigenvalue weighted by Crippen LogP contribution is -2.35. The van der Waals surface area contributed by atoms with Crippen molar-refractivity contribution in [3.63, 3.8) is 0 Å². The van der Waals surface area contributed by atoms with E-state index >= 15 is 0 Å². The molecule has 1 fully saturated rings. The Morgan fingerprint density at radius 1 is 1.03 bits per heavy atom. The first kappa shape index (κ1) is 19.8. The highest BCUT2D eigenvalue weighted by Crippen LogP contribution is 2.40. The van der Waals surface area contributed by atoms with Crippen molar-refractivity contribution in [1.29, 1.82) is 0 Å². The van der Waals surface area contributed by atoms with E-state index in [1.165, 1.54) is 4.90 Å². The highest BCUT2D eigenvalue weighted by Gasteiger charge is 2.46. The number of hydrogen-bond acceptors (Lipinski definition) is 5. The van der Waals surface area contributed by atoms with Gasteiger partial charge in [0.05, 0.1) is 11.6 Å². The van der Waals surface area contributed by atoms with Crippen LogP contribution in [0, 0.1) is 0 Å². The number of nitrogens with zero attached hydrogens (tertiary/aromatic N) is 3. The fourth-order valence-corrected chi connectivity index (χ4v) is 3.89. The van der Waals surface area contributed by atoms with Crippen LogP contribution in [0.3, 0.4) is 0 Å². The molecule has 1 saturated heterocycles. The lowest BCUT2D eigenvalue weighted by Gasteiger charge is -2.26. The maximum Gasteiger partial charge on any atom is 0.295 e. The molecule has 1 atom stereocenters. The van der Waals surface area contributed by atoms with Gasteiger partial charge in [0.2, 0.25) is 0 Å². The van der Waals surface area contributed by atoms with Crippen molar-refractivity contribution in [3.05, 3.63) is 83.7 Å². The van der Waals surface area contributed by atoms with Crippen LogP contribution in [-0.4, -0.2) is 58.8 Å². The van der Waals surface area contributed by atoms with E-state index < -0.39 is 17.7 Å². The van der Waals surface area contributed by atoms with Gasteiger partial charge in [-0.1, -0.05) is 42.5 Å². The number of hydrogen-bond donors (Lipinski definition) is 1. The Balaban J connectivity index is 1.91. The maximum atomic E-state index is 13.1. The number of amides is 1. The topological polar surface area (TPSA) is 73.7 Å². The number of fused-ring (bicyclic) bond motifs is 1. The highest BCUT2D eigenvalue weighted by molar-refractivity contribution is 6.46. The van der Waals surface area contributed by atoms with Crippen molar-refractivity contribution in [1.82, 2.24) is 14.8 Å². The molecule has 4 rings (SSSR count). The van der Waals surface area contributed by atoms with Gasteiger partial charge in [0, 0.05) is 31.0 Å². The third kappa shape index (κ3) is 3.46. The average Bonchev–Trinajstić information content (AvgIpc) is 3.02. The van der Waals surface area contributed by atoms with Crippen molar-refractivity contribution in [2.24, 2.45) is 0 Å². The van der Waals surface area contributed by atoms with Crippen LogP contribution < -0.4 is 0 Å². The Labute approximate surface area is 175 Å². The molecule has 6 nitrogen and oxygen atoms in total. The molecular formula is C24H23N3O3. The molecule has 1 amide bonds. The number of likely N-dealkylation sites (tertiary alicyclic amines) is 1. The molecule has 1 N–H and O–H groups in total. The lowest BCUT2D eigenvalue weighted by atomic mass is 9.94. The quantitative estimate of drug-likeness (QED) is 0.404. The van der Waals surface area contributed by atoms with Crippen LogP contribution in [-0.2, 0) is 9.59 Å². The smallest absolute Gasteiger partial charge is 0.295 e. The van der Waals surface area contributed by atoms with Crippen LogP contribution in [0.25, 0.3) is 16.5 Å². The van der Waals surface area contributed by atoms with Gasteiger partial charge in [-0.25, -0.2) is 0 Å². The summed E-state index contributed by atoms with van der Waals surface area (Å²) in [5.74, 6) is -1.42. The molecule has 0 spiro atoms. The molecule has 2 heterocycles. The lowest BCUT2D eigenvalue weighted by molar-refractivity contribution is -0.140. The van der Waals surface area contributed by atoms with Gasteiger partial charge >= 0.3 is 0 Å². The number of ketones is 1. The zero-order valence-corrected chi connectivity index (χ0v) is 16.9. The first-order chi connectivity index (χ1) is 14.5. The Morgan fingerprint density at radius 3 is 2.47 bits per heavy atom. The summed E-state index contributed by atoms with van der Waals surface area (Å²) >= 11 is 0. The molecule has 0 bridgehead atoms. The number of carbonyl (C=O) groups excluding carboxylic acids is 2. The van der Waals surface area contributed by atoms with Gasteiger partial charge in [0.15, 0.2) is 0 Å². The second kappa shape index (κ2) is 8.08. The van der Waals surface area contributed by atoms with E-state index in [9.17, 15) is 14.7 Å². The fraction of sp³-hybridized carbons (Fsp3) is 0.208. The molecule has 152 valence electrons. The molecule has 30 heavy (non-hydrogen) atoms. The molecule has 1 unspecified atom stereocenters. The van der Waals surface area contributed by atoms with E-state index in [-0.39, 0.29) is 11.3 Å². The van der Waals surface area contributed by atoms with E-state index in [1.54, 1.807) is 30.6 Å². The zero-order chi connectivity index (χ0) is 21.3. The van der Waals surface area contributed by atoms with Gasteiger partial charge in [-0.2, -0.15) is 0 Å². The van der Waals surface area contributed by atoms with E-state index in [0.717, 1.165) is 16.3 Å². The fourth-order valence-electron chi connectivity index (χ4n) is 3.89. The van der Waals surface area contributed by atoms with E-state index in [1.807, 2.05) is 55.4 Å². The predicted octanol–water partition coefficient (Wildman–Crippen LogP) is 3.22. The molecule has 0 radical (unpaired) electrons. The molecule has 3 aromatic rings. The second-order valence-electron chi connectivity index (χ2n) is 7.60. The molecule has 1 aliphatic rings. The van der Waals surface area contributed by atoms with Crippen LogP contribution in [0.5, 0.6) is 0 Å². The summed E-state index contributed by atoms with van der Waals surface area (Å²) in [6.07, 6.45) is 3.25. The van der Waals surface area contributed by atoms with Crippen LogP contribution >= 0.6 is 0 Å². The summed E-state index contributed by atoms with van der Waals surface area (Å²) in [6.45, 7) is 0.972. The van der Waals surface area contributed by atoms with Crippen molar-refractivity contribution in [3.8, 4) is 0 Å². The average molecular weight is 401 g/mol. The summed E-state index contributed by atoms with van der Waals surface area (Å²) in [5.41, 5.74) is 1.39. The monoisotopic (exact) mass is 401 g/mol. The number of aliphatic hydroxyl groups is 1. The molecule has 0 saturated carbocycles. The minimum Gasteiger partial charge on any atom is -0.507 e. The standard InChI is InChI=1S/C24H23N3O3/c1-26(2)14-15-27-21(17-10-12-25-13-11-17)20(23(29)24(27)30)22(28)19-9-5-7-16-6-3-4-8-18(16)19/h3-13,21,28H,14-15H2,1-2H3/b22-20-. The third-order valence-corrected chi connectivity index (χ3v) is 5.39. The minimum atomic E-state index is -0.666. The molecule has 0 aliphatic carbocycles. The number of aliphatic hydroxyl groups excluding tert-OH is 1. The third-order valence-electron chi connectivity index (χ3n) is 5.39. The number of Topliss-reactive ketones (excluding diaryl/α,β-unsaturated/α-hetero) is 1. The Morgan fingerprint density at radius 2 is 1.73 bits per heavy atom. The largest absolute Gasteiger partial charge is 0.507 e. The number of pyridine rings is 1. The van der Waals surface area contributed by atoms with Crippen LogP contribution in [0.15, 0.2) is 72.6 Å². The van der Waals surface area contributed by atoms with Crippen LogP contribution in [0.4, 0.5) is 0 Å². The van der Waals surface area contributed by atoms with Gasteiger partial charge < -0.3 is 14.9 Å². The highest BCUT2D eigenvalue weighted by atomic mass is 16.3.